The molecule has 0 radical (unpaired) electrons. The summed E-state index contributed by atoms with van der Waals surface area (Å²) in [5.74, 6) is 0.176. The fourth-order valence-corrected chi connectivity index (χ4v) is 3.32. The number of nitrogens with one attached hydrogen (secondary N) is 1. The van der Waals surface area contributed by atoms with Gasteiger partial charge < -0.3 is 15.0 Å². The Morgan fingerprint density at radius 3 is 2.59 bits per heavy atom. The number of anilines is 1. The van der Waals surface area contributed by atoms with Crippen LogP contribution in [0.25, 0.3) is 0 Å². The quantitative estimate of drug-likeness (QED) is 0.726. The zero-order valence-electron chi connectivity index (χ0n) is 16.1. The normalized spacial score (nSPS) is 15.3. The first-order chi connectivity index (χ1) is 14.1. The number of hydrogen-bond acceptors (Lipinski definition) is 4. The van der Waals surface area contributed by atoms with E-state index in [9.17, 15) is 9.59 Å². The number of para-hydroxylation sites is 2. The van der Waals surface area contributed by atoms with E-state index in [2.05, 4.69) is 10.4 Å². The number of fused-ring (bicyclic) bond motifs is 1. The molecule has 0 saturated heterocycles. The second-order valence-electron chi connectivity index (χ2n) is 6.94. The zero-order chi connectivity index (χ0) is 20.2. The first-order valence-electron chi connectivity index (χ1n) is 9.47. The lowest BCUT2D eigenvalue weighted by Crippen LogP contribution is -2.50. The van der Waals surface area contributed by atoms with Crippen LogP contribution >= 0.6 is 0 Å². The van der Waals surface area contributed by atoms with Gasteiger partial charge in [0.05, 0.1) is 18.8 Å². The van der Waals surface area contributed by atoms with Gasteiger partial charge >= 0.3 is 0 Å². The molecule has 2 heterocycles. The van der Waals surface area contributed by atoms with Crippen LogP contribution in [0.3, 0.4) is 0 Å². The zero-order valence-corrected chi connectivity index (χ0v) is 16.1. The summed E-state index contributed by atoms with van der Waals surface area (Å²) >= 11 is 0. The van der Waals surface area contributed by atoms with Crippen LogP contribution in [0, 0.1) is 0 Å². The minimum atomic E-state index is -0.743. The molecule has 0 bridgehead atoms. The molecule has 29 heavy (non-hydrogen) atoms. The number of nitrogens with zero attached hydrogens (tertiary/aromatic N) is 3. The predicted molar refractivity (Wildman–Crippen MR) is 109 cm³/mol. The highest BCUT2D eigenvalue weighted by molar-refractivity contribution is 5.95. The lowest BCUT2D eigenvalue weighted by atomic mass is 10.1. The molecule has 0 unspecified atom stereocenters. The highest BCUT2D eigenvalue weighted by Crippen LogP contribution is 2.33. The fourth-order valence-electron chi connectivity index (χ4n) is 3.32. The molecule has 1 aromatic heterocycles. The van der Waals surface area contributed by atoms with Crippen LogP contribution in [0.5, 0.6) is 5.75 Å². The van der Waals surface area contributed by atoms with Gasteiger partial charge in [-0.3, -0.25) is 14.3 Å². The standard InChI is InChI=1S/C22H22N4O3/c1-16(27)26-15-21(29-20-6-3-2-5-19(20)26)22(28)23-13-17-7-9-18(10-8-17)14-25-12-4-11-24-25/h2-12,21H,13-15H2,1H3,(H,23,28)/t21-/m1/s1. The van der Waals surface area contributed by atoms with Crippen LogP contribution in [-0.2, 0) is 22.7 Å². The van der Waals surface area contributed by atoms with Crippen LogP contribution in [0.1, 0.15) is 18.1 Å². The van der Waals surface area contributed by atoms with E-state index in [4.69, 9.17) is 4.74 Å². The van der Waals surface area contributed by atoms with E-state index < -0.39 is 6.10 Å². The lowest BCUT2D eigenvalue weighted by Gasteiger charge is -2.33. The maximum Gasteiger partial charge on any atom is 0.263 e. The van der Waals surface area contributed by atoms with Gasteiger partial charge in [0.15, 0.2) is 6.10 Å². The van der Waals surface area contributed by atoms with Crippen molar-refractivity contribution < 1.29 is 14.3 Å². The van der Waals surface area contributed by atoms with Gasteiger partial charge in [0.25, 0.3) is 5.91 Å². The van der Waals surface area contributed by atoms with Crippen LogP contribution in [-0.4, -0.2) is 34.2 Å². The molecule has 4 rings (SSSR count). The summed E-state index contributed by atoms with van der Waals surface area (Å²) in [6.45, 7) is 2.78. The van der Waals surface area contributed by atoms with Crippen molar-refractivity contribution in [1.29, 1.82) is 0 Å². The van der Waals surface area contributed by atoms with Crippen LogP contribution in [0.15, 0.2) is 67.0 Å². The second-order valence-corrected chi connectivity index (χ2v) is 6.94. The van der Waals surface area contributed by atoms with Crippen LogP contribution < -0.4 is 15.0 Å². The Balaban J connectivity index is 1.36. The van der Waals surface area contributed by atoms with E-state index in [1.165, 1.54) is 6.92 Å². The number of aromatic nitrogens is 2. The molecule has 2 aromatic carbocycles. The maximum absolute atomic E-state index is 12.6. The summed E-state index contributed by atoms with van der Waals surface area (Å²) in [5.41, 5.74) is 2.81. The van der Waals surface area contributed by atoms with E-state index in [0.717, 1.165) is 11.1 Å². The largest absolute Gasteiger partial charge is 0.477 e. The smallest absolute Gasteiger partial charge is 0.263 e. The van der Waals surface area contributed by atoms with Crippen molar-refractivity contribution in [2.24, 2.45) is 0 Å². The van der Waals surface area contributed by atoms with E-state index in [-0.39, 0.29) is 18.4 Å². The summed E-state index contributed by atoms with van der Waals surface area (Å²) in [4.78, 5) is 26.2. The third-order valence-corrected chi connectivity index (χ3v) is 4.84. The number of hydrogen-bond donors (Lipinski definition) is 1. The second kappa shape index (κ2) is 8.18. The molecule has 0 saturated carbocycles. The minimum absolute atomic E-state index is 0.119. The first kappa shape index (κ1) is 18.7. The van der Waals surface area contributed by atoms with E-state index in [0.29, 0.717) is 24.5 Å². The molecule has 1 aliphatic heterocycles. The van der Waals surface area contributed by atoms with Crippen LogP contribution in [0.2, 0.25) is 0 Å². The highest BCUT2D eigenvalue weighted by Gasteiger charge is 2.32. The molecule has 3 aromatic rings. The van der Waals surface area contributed by atoms with E-state index in [1.807, 2.05) is 59.4 Å². The summed E-state index contributed by atoms with van der Waals surface area (Å²) in [6.07, 6.45) is 2.93. The fraction of sp³-hybridized carbons (Fsp3) is 0.227. The molecule has 1 atom stereocenters. The third kappa shape index (κ3) is 4.29. The van der Waals surface area contributed by atoms with Crippen molar-refractivity contribution in [3.63, 3.8) is 0 Å². The summed E-state index contributed by atoms with van der Waals surface area (Å²) in [5, 5.41) is 7.10. The minimum Gasteiger partial charge on any atom is -0.477 e. The SMILES string of the molecule is CC(=O)N1C[C@H](C(=O)NCc2ccc(Cn3cccn3)cc2)Oc2ccccc21. The number of carbonyl (C=O) groups is 2. The van der Waals surface area contributed by atoms with Gasteiger partial charge in [-0.15, -0.1) is 0 Å². The van der Waals surface area contributed by atoms with Gasteiger partial charge in [-0.25, -0.2) is 0 Å². The maximum atomic E-state index is 12.6. The molecule has 0 spiro atoms. The van der Waals surface area contributed by atoms with Crippen LogP contribution in [0.4, 0.5) is 5.69 Å². The number of amides is 2. The number of carbonyl (C=O) groups excluding carboxylic acids is 2. The van der Waals surface area contributed by atoms with E-state index in [1.54, 1.807) is 17.2 Å². The Labute approximate surface area is 168 Å². The average Bonchev–Trinajstić information content (AvgIpc) is 3.25. The van der Waals surface area contributed by atoms with Crippen molar-refractivity contribution >= 4 is 17.5 Å². The van der Waals surface area contributed by atoms with Crippen molar-refractivity contribution in [1.82, 2.24) is 15.1 Å². The molecule has 7 nitrogen and oxygen atoms in total. The topological polar surface area (TPSA) is 76.5 Å². The van der Waals surface area contributed by atoms with Gasteiger partial charge in [0.2, 0.25) is 5.91 Å². The Morgan fingerprint density at radius 1 is 1.10 bits per heavy atom. The molecule has 2 amide bonds. The third-order valence-electron chi connectivity index (χ3n) is 4.84. The molecular formula is C22H22N4O3. The molecule has 0 fully saturated rings. The van der Waals surface area contributed by atoms with Crippen molar-refractivity contribution in [2.75, 3.05) is 11.4 Å². The first-order valence-corrected chi connectivity index (χ1v) is 9.47. The van der Waals surface area contributed by atoms with Gasteiger partial charge in [-0.05, 0) is 29.3 Å². The Kier molecular flexibility index (Phi) is 5.29. The van der Waals surface area contributed by atoms with Gasteiger partial charge in [-0.2, -0.15) is 5.10 Å². The summed E-state index contributed by atoms with van der Waals surface area (Å²) in [6, 6.07) is 17.1. The highest BCUT2D eigenvalue weighted by atomic mass is 16.5. The van der Waals surface area contributed by atoms with Crippen molar-refractivity contribution in [3.05, 3.63) is 78.1 Å². The number of ether oxygens (including phenoxy) is 1. The molecular weight excluding hydrogens is 368 g/mol. The van der Waals surface area contributed by atoms with Crippen molar-refractivity contribution in [3.8, 4) is 5.75 Å². The Bertz CT molecular complexity index is 999. The van der Waals surface area contributed by atoms with Gasteiger partial charge in [-0.1, -0.05) is 36.4 Å². The Hall–Kier alpha value is -3.61. The summed E-state index contributed by atoms with van der Waals surface area (Å²) in [7, 11) is 0. The Morgan fingerprint density at radius 2 is 1.86 bits per heavy atom. The molecule has 7 heteroatoms. The lowest BCUT2D eigenvalue weighted by molar-refractivity contribution is -0.128. The molecule has 1 N–H and O–H groups in total. The molecule has 0 aliphatic carbocycles. The molecule has 1 aliphatic rings. The monoisotopic (exact) mass is 390 g/mol. The van der Waals surface area contributed by atoms with Gasteiger partial charge in [0.1, 0.15) is 5.75 Å². The van der Waals surface area contributed by atoms with E-state index >= 15 is 0 Å². The summed E-state index contributed by atoms with van der Waals surface area (Å²) < 4.78 is 7.68. The molecule has 148 valence electrons. The number of rotatable bonds is 5. The predicted octanol–water partition coefficient (Wildman–Crippen LogP) is 2.36. The van der Waals surface area contributed by atoms with Crippen molar-refractivity contribution in [2.45, 2.75) is 26.1 Å². The number of benzene rings is 2. The average molecular weight is 390 g/mol. The van der Waals surface area contributed by atoms with Gasteiger partial charge in [0, 0.05) is 25.9 Å².